The van der Waals surface area contributed by atoms with E-state index in [1.54, 1.807) is 0 Å². The van der Waals surface area contributed by atoms with Crippen LogP contribution in [0.1, 0.15) is 31.2 Å². The van der Waals surface area contributed by atoms with E-state index < -0.39 is 5.60 Å². The van der Waals surface area contributed by atoms with Crippen LogP contribution in [0.2, 0.25) is 5.02 Å². The molecule has 3 rings (SSSR count). The third-order valence-electron chi connectivity index (χ3n) is 3.88. The van der Waals surface area contributed by atoms with Crippen LogP contribution in [-0.4, -0.2) is 17.2 Å². The van der Waals surface area contributed by atoms with Crippen LogP contribution in [-0.2, 0) is 5.60 Å². The smallest absolute Gasteiger partial charge is 0.0926 e. The van der Waals surface area contributed by atoms with Gasteiger partial charge in [0, 0.05) is 17.1 Å². The van der Waals surface area contributed by atoms with Gasteiger partial charge in [0.1, 0.15) is 0 Å². The van der Waals surface area contributed by atoms with E-state index in [2.05, 4.69) is 5.32 Å². The summed E-state index contributed by atoms with van der Waals surface area (Å²) >= 11 is 5.87. The molecule has 1 aromatic carbocycles. The molecule has 0 saturated carbocycles. The minimum atomic E-state index is -0.651. The van der Waals surface area contributed by atoms with Crippen molar-refractivity contribution in [2.45, 2.75) is 43.4 Å². The van der Waals surface area contributed by atoms with E-state index in [9.17, 15) is 5.11 Å². The van der Waals surface area contributed by atoms with Crippen LogP contribution < -0.4 is 5.32 Å². The number of aliphatic hydroxyl groups is 1. The van der Waals surface area contributed by atoms with Crippen LogP contribution in [0, 0.1) is 0 Å². The predicted octanol–water partition coefficient (Wildman–Crippen LogP) is 2.44. The summed E-state index contributed by atoms with van der Waals surface area (Å²) < 4.78 is 0. The van der Waals surface area contributed by atoms with Crippen molar-refractivity contribution in [3.05, 3.63) is 34.9 Å². The van der Waals surface area contributed by atoms with Crippen LogP contribution in [0.3, 0.4) is 0 Å². The topological polar surface area (TPSA) is 32.3 Å². The Bertz CT molecular complexity index is 377. The molecule has 2 N–H and O–H groups in total. The molecule has 2 aliphatic rings. The fourth-order valence-corrected chi connectivity index (χ4v) is 3.24. The third kappa shape index (κ3) is 1.75. The molecule has 2 unspecified atom stereocenters. The quantitative estimate of drug-likeness (QED) is 0.787. The molecule has 2 nitrogen and oxygen atoms in total. The van der Waals surface area contributed by atoms with Crippen molar-refractivity contribution in [3.8, 4) is 0 Å². The molecule has 1 aromatic rings. The van der Waals surface area contributed by atoms with E-state index in [0.717, 1.165) is 23.4 Å². The van der Waals surface area contributed by atoms with Crippen molar-refractivity contribution in [3.63, 3.8) is 0 Å². The van der Waals surface area contributed by atoms with Crippen LogP contribution >= 0.6 is 11.6 Å². The minimum Gasteiger partial charge on any atom is -0.385 e. The lowest BCUT2D eigenvalue weighted by Crippen LogP contribution is -2.46. The van der Waals surface area contributed by atoms with Gasteiger partial charge in [0.25, 0.3) is 0 Å². The Morgan fingerprint density at radius 2 is 1.69 bits per heavy atom. The van der Waals surface area contributed by atoms with E-state index in [1.165, 1.54) is 12.8 Å². The van der Waals surface area contributed by atoms with Crippen molar-refractivity contribution in [2.24, 2.45) is 0 Å². The number of nitrogens with one attached hydrogen (secondary N) is 1. The van der Waals surface area contributed by atoms with Gasteiger partial charge in [-0.25, -0.2) is 0 Å². The molecule has 2 heterocycles. The molecular formula is C13H16ClNO. The van der Waals surface area contributed by atoms with Gasteiger partial charge in [-0.05, 0) is 43.4 Å². The maximum Gasteiger partial charge on any atom is 0.0926 e. The fourth-order valence-electron chi connectivity index (χ4n) is 3.12. The van der Waals surface area contributed by atoms with Crippen LogP contribution in [0.25, 0.3) is 0 Å². The van der Waals surface area contributed by atoms with E-state index in [4.69, 9.17) is 11.6 Å². The molecule has 3 heteroatoms. The summed E-state index contributed by atoms with van der Waals surface area (Å²) in [6.07, 6.45) is 4.04. The first kappa shape index (κ1) is 10.6. The first-order valence-corrected chi connectivity index (χ1v) is 6.28. The van der Waals surface area contributed by atoms with E-state index in [-0.39, 0.29) is 0 Å². The molecular weight excluding hydrogens is 222 g/mol. The average Bonchev–Trinajstić information content (AvgIpc) is 2.59. The molecule has 2 saturated heterocycles. The van der Waals surface area contributed by atoms with Crippen molar-refractivity contribution in [1.29, 1.82) is 0 Å². The fraction of sp³-hybridized carbons (Fsp3) is 0.538. The summed E-state index contributed by atoms with van der Waals surface area (Å²) in [5.74, 6) is 0. The van der Waals surface area contributed by atoms with Crippen LogP contribution in [0.15, 0.2) is 24.3 Å². The number of hydrogen-bond acceptors (Lipinski definition) is 2. The monoisotopic (exact) mass is 237 g/mol. The largest absolute Gasteiger partial charge is 0.385 e. The lowest BCUT2D eigenvalue weighted by atomic mass is 9.81. The number of piperidine rings is 1. The molecule has 2 bridgehead atoms. The molecule has 2 aliphatic heterocycles. The predicted molar refractivity (Wildman–Crippen MR) is 64.5 cm³/mol. The standard InChI is InChI=1S/C13H16ClNO/c14-10-3-1-9(2-4-10)13(16)7-11-5-6-12(8-13)15-11/h1-4,11-12,15-16H,5-8H2. The molecule has 0 radical (unpaired) electrons. The lowest BCUT2D eigenvalue weighted by molar-refractivity contribution is -0.0114. The summed E-state index contributed by atoms with van der Waals surface area (Å²) in [5, 5.41) is 15.0. The zero-order valence-electron chi connectivity index (χ0n) is 9.12. The first-order valence-electron chi connectivity index (χ1n) is 5.90. The highest BCUT2D eigenvalue weighted by atomic mass is 35.5. The molecule has 16 heavy (non-hydrogen) atoms. The van der Waals surface area contributed by atoms with E-state index in [0.29, 0.717) is 12.1 Å². The third-order valence-corrected chi connectivity index (χ3v) is 4.14. The Hall–Kier alpha value is -0.570. The average molecular weight is 238 g/mol. The van der Waals surface area contributed by atoms with Gasteiger partial charge in [0.2, 0.25) is 0 Å². The number of fused-ring (bicyclic) bond motifs is 2. The van der Waals surface area contributed by atoms with E-state index in [1.807, 2.05) is 24.3 Å². The summed E-state index contributed by atoms with van der Waals surface area (Å²) in [6, 6.07) is 8.59. The molecule has 0 aromatic heterocycles. The first-order chi connectivity index (χ1) is 7.66. The maximum atomic E-state index is 10.7. The Labute approximate surface area is 101 Å². The number of halogens is 1. The van der Waals surface area contributed by atoms with Gasteiger partial charge in [0.05, 0.1) is 5.60 Å². The summed E-state index contributed by atoms with van der Waals surface area (Å²) in [4.78, 5) is 0. The van der Waals surface area contributed by atoms with Gasteiger partial charge in [0.15, 0.2) is 0 Å². The molecule has 86 valence electrons. The maximum absolute atomic E-state index is 10.7. The summed E-state index contributed by atoms with van der Waals surface area (Å²) in [6.45, 7) is 0. The Balaban J connectivity index is 1.90. The molecule has 2 atom stereocenters. The highest BCUT2D eigenvalue weighted by molar-refractivity contribution is 6.30. The van der Waals surface area contributed by atoms with Gasteiger partial charge in [-0.3, -0.25) is 0 Å². The summed E-state index contributed by atoms with van der Waals surface area (Å²) in [7, 11) is 0. The van der Waals surface area contributed by atoms with Crippen molar-refractivity contribution in [1.82, 2.24) is 5.32 Å². The van der Waals surface area contributed by atoms with Crippen molar-refractivity contribution < 1.29 is 5.11 Å². The SMILES string of the molecule is OC1(c2ccc(Cl)cc2)CC2CCC(C1)N2. The summed E-state index contributed by atoms with van der Waals surface area (Å²) in [5.41, 5.74) is 0.358. The van der Waals surface area contributed by atoms with Gasteiger partial charge in [-0.15, -0.1) is 0 Å². The zero-order chi connectivity index (χ0) is 11.2. The van der Waals surface area contributed by atoms with Crippen molar-refractivity contribution >= 4 is 11.6 Å². The van der Waals surface area contributed by atoms with Crippen LogP contribution in [0.4, 0.5) is 0 Å². The lowest BCUT2D eigenvalue weighted by Gasteiger charge is -2.37. The number of rotatable bonds is 1. The number of benzene rings is 1. The Morgan fingerprint density at radius 1 is 1.12 bits per heavy atom. The molecule has 2 fully saturated rings. The van der Waals surface area contributed by atoms with Gasteiger partial charge < -0.3 is 10.4 Å². The molecule has 0 aliphatic carbocycles. The van der Waals surface area contributed by atoms with E-state index >= 15 is 0 Å². The highest BCUT2D eigenvalue weighted by Crippen LogP contribution is 2.40. The second-order valence-electron chi connectivity index (χ2n) is 5.08. The van der Waals surface area contributed by atoms with Gasteiger partial charge in [-0.2, -0.15) is 0 Å². The second kappa shape index (κ2) is 3.73. The van der Waals surface area contributed by atoms with Crippen molar-refractivity contribution in [2.75, 3.05) is 0 Å². The molecule has 0 amide bonds. The van der Waals surface area contributed by atoms with Gasteiger partial charge >= 0.3 is 0 Å². The van der Waals surface area contributed by atoms with Gasteiger partial charge in [-0.1, -0.05) is 23.7 Å². The van der Waals surface area contributed by atoms with Crippen LogP contribution in [0.5, 0.6) is 0 Å². The normalized spacial score (nSPS) is 37.6. The second-order valence-corrected chi connectivity index (χ2v) is 5.52. The highest BCUT2D eigenvalue weighted by Gasteiger charge is 2.43. The number of hydrogen-bond donors (Lipinski definition) is 2. The molecule has 0 spiro atoms. The minimum absolute atomic E-state index is 0.486. The Morgan fingerprint density at radius 3 is 2.25 bits per heavy atom. The Kier molecular flexibility index (Phi) is 2.46. The zero-order valence-corrected chi connectivity index (χ0v) is 9.87.